The topological polar surface area (TPSA) is 17.4 Å². The summed E-state index contributed by atoms with van der Waals surface area (Å²) in [5.74, 6) is 0. The standard InChI is InChI=1S/C11H17FN2O/c1-13-3-2-10(7-13)8-14-4-5-15-11(6-12)9-14/h2-3,7,11H,4-6,8-9H2,1H3/t11-/m0/s1. The van der Waals surface area contributed by atoms with Crippen LogP contribution < -0.4 is 0 Å². The molecule has 1 atom stereocenters. The van der Waals surface area contributed by atoms with Crippen molar-refractivity contribution in [3.8, 4) is 0 Å². The predicted molar refractivity (Wildman–Crippen MR) is 56.4 cm³/mol. The van der Waals surface area contributed by atoms with E-state index in [1.54, 1.807) is 0 Å². The Bertz CT molecular complexity index is 313. The number of hydrogen-bond donors (Lipinski definition) is 0. The quantitative estimate of drug-likeness (QED) is 0.749. The van der Waals surface area contributed by atoms with Crippen LogP contribution in [0.2, 0.25) is 0 Å². The van der Waals surface area contributed by atoms with E-state index in [4.69, 9.17) is 4.74 Å². The Labute approximate surface area is 89.4 Å². The SMILES string of the molecule is Cn1ccc(CN2CCO[C@@H](CF)C2)c1. The molecule has 0 amide bonds. The van der Waals surface area contributed by atoms with E-state index in [1.165, 1.54) is 5.56 Å². The third kappa shape index (κ3) is 2.79. The molecule has 0 spiro atoms. The summed E-state index contributed by atoms with van der Waals surface area (Å²) in [5, 5.41) is 0. The molecule has 0 aliphatic carbocycles. The zero-order chi connectivity index (χ0) is 10.7. The average molecular weight is 212 g/mol. The van der Waals surface area contributed by atoms with Crippen LogP contribution in [0.4, 0.5) is 4.39 Å². The molecule has 0 saturated carbocycles. The molecule has 0 radical (unpaired) electrons. The van der Waals surface area contributed by atoms with Gasteiger partial charge in [-0.25, -0.2) is 4.39 Å². The first-order valence-electron chi connectivity index (χ1n) is 5.28. The highest BCUT2D eigenvalue weighted by molar-refractivity contribution is 5.09. The van der Waals surface area contributed by atoms with E-state index < -0.39 is 0 Å². The van der Waals surface area contributed by atoms with E-state index in [0.717, 1.165) is 13.1 Å². The molecule has 1 aromatic heterocycles. The highest BCUT2D eigenvalue weighted by Crippen LogP contribution is 2.10. The summed E-state index contributed by atoms with van der Waals surface area (Å²) in [6, 6.07) is 2.10. The fraction of sp³-hybridized carbons (Fsp3) is 0.636. The molecule has 2 rings (SSSR count). The maximum atomic E-state index is 12.4. The van der Waals surface area contributed by atoms with E-state index in [9.17, 15) is 4.39 Å². The molecule has 0 unspecified atom stereocenters. The Balaban J connectivity index is 1.88. The summed E-state index contributed by atoms with van der Waals surface area (Å²) < 4.78 is 19.7. The van der Waals surface area contributed by atoms with Crippen molar-refractivity contribution in [2.45, 2.75) is 12.6 Å². The molecular formula is C11H17FN2O. The number of morpholine rings is 1. The van der Waals surface area contributed by atoms with Crippen molar-refractivity contribution in [2.24, 2.45) is 7.05 Å². The van der Waals surface area contributed by atoms with Gasteiger partial charge in [-0.05, 0) is 11.6 Å². The van der Waals surface area contributed by atoms with Gasteiger partial charge in [0.05, 0.1) is 12.7 Å². The Morgan fingerprint density at radius 3 is 3.13 bits per heavy atom. The lowest BCUT2D eigenvalue weighted by atomic mass is 10.2. The lowest BCUT2D eigenvalue weighted by Gasteiger charge is -2.31. The van der Waals surface area contributed by atoms with Crippen LogP contribution in [0.5, 0.6) is 0 Å². The van der Waals surface area contributed by atoms with Crippen molar-refractivity contribution in [1.29, 1.82) is 0 Å². The summed E-state index contributed by atoms with van der Waals surface area (Å²) >= 11 is 0. The van der Waals surface area contributed by atoms with Gasteiger partial charge in [-0.3, -0.25) is 4.90 Å². The van der Waals surface area contributed by atoms with Gasteiger partial charge in [-0.2, -0.15) is 0 Å². The number of hydrogen-bond acceptors (Lipinski definition) is 2. The molecule has 1 saturated heterocycles. The fourth-order valence-electron chi connectivity index (χ4n) is 1.93. The van der Waals surface area contributed by atoms with Gasteiger partial charge in [0, 0.05) is 39.1 Å². The van der Waals surface area contributed by atoms with Crippen LogP contribution in [0.15, 0.2) is 18.5 Å². The van der Waals surface area contributed by atoms with Crippen molar-refractivity contribution in [2.75, 3.05) is 26.4 Å². The molecule has 15 heavy (non-hydrogen) atoms. The molecular weight excluding hydrogens is 195 g/mol. The van der Waals surface area contributed by atoms with Crippen LogP contribution >= 0.6 is 0 Å². The van der Waals surface area contributed by atoms with Crippen molar-refractivity contribution in [3.63, 3.8) is 0 Å². The Morgan fingerprint density at radius 2 is 2.47 bits per heavy atom. The summed E-state index contributed by atoms with van der Waals surface area (Å²) in [4.78, 5) is 2.24. The lowest BCUT2D eigenvalue weighted by molar-refractivity contribution is -0.0412. The van der Waals surface area contributed by atoms with Gasteiger partial charge in [0.1, 0.15) is 6.67 Å². The van der Waals surface area contributed by atoms with Gasteiger partial charge in [-0.15, -0.1) is 0 Å². The van der Waals surface area contributed by atoms with Gasteiger partial charge in [0.2, 0.25) is 0 Å². The van der Waals surface area contributed by atoms with E-state index >= 15 is 0 Å². The highest BCUT2D eigenvalue weighted by atomic mass is 19.1. The number of halogens is 1. The first-order valence-corrected chi connectivity index (χ1v) is 5.28. The molecule has 0 bridgehead atoms. The Morgan fingerprint density at radius 1 is 1.60 bits per heavy atom. The van der Waals surface area contributed by atoms with E-state index in [0.29, 0.717) is 13.2 Å². The van der Waals surface area contributed by atoms with Gasteiger partial charge < -0.3 is 9.30 Å². The highest BCUT2D eigenvalue weighted by Gasteiger charge is 2.20. The minimum absolute atomic E-state index is 0.234. The Kier molecular flexibility index (Phi) is 3.38. The van der Waals surface area contributed by atoms with Gasteiger partial charge in [-0.1, -0.05) is 0 Å². The molecule has 1 aliphatic heterocycles. The van der Waals surface area contributed by atoms with Gasteiger partial charge >= 0.3 is 0 Å². The van der Waals surface area contributed by atoms with E-state index in [2.05, 4.69) is 17.2 Å². The molecule has 0 N–H and O–H groups in total. The van der Waals surface area contributed by atoms with Crippen LogP contribution in [0, 0.1) is 0 Å². The van der Waals surface area contributed by atoms with E-state index in [-0.39, 0.29) is 12.8 Å². The molecule has 0 aromatic carbocycles. The van der Waals surface area contributed by atoms with Crippen LogP contribution in [-0.4, -0.2) is 41.9 Å². The summed E-state index contributed by atoms with van der Waals surface area (Å²) in [6.45, 7) is 2.74. The summed E-state index contributed by atoms with van der Waals surface area (Å²) in [7, 11) is 2.01. The van der Waals surface area contributed by atoms with Crippen molar-refractivity contribution < 1.29 is 9.13 Å². The van der Waals surface area contributed by atoms with E-state index in [1.807, 2.05) is 17.8 Å². The van der Waals surface area contributed by atoms with Crippen molar-refractivity contribution in [1.82, 2.24) is 9.47 Å². The smallest absolute Gasteiger partial charge is 0.117 e. The third-order valence-electron chi connectivity index (χ3n) is 2.69. The molecule has 1 aromatic rings. The number of alkyl halides is 1. The average Bonchev–Trinajstić information content (AvgIpc) is 2.64. The van der Waals surface area contributed by atoms with Crippen molar-refractivity contribution in [3.05, 3.63) is 24.0 Å². The van der Waals surface area contributed by atoms with Gasteiger partial charge in [0.25, 0.3) is 0 Å². The monoisotopic (exact) mass is 212 g/mol. The van der Waals surface area contributed by atoms with Crippen LogP contribution in [0.3, 0.4) is 0 Å². The molecule has 3 nitrogen and oxygen atoms in total. The molecule has 84 valence electrons. The normalized spacial score (nSPS) is 23.2. The minimum atomic E-state index is -0.384. The molecule has 1 fully saturated rings. The lowest BCUT2D eigenvalue weighted by Crippen LogP contribution is -2.42. The molecule has 4 heteroatoms. The number of aromatic nitrogens is 1. The van der Waals surface area contributed by atoms with Crippen LogP contribution in [0.25, 0.3) is 0 Å². The van der Waals surface area contributed by atoms with Gasteiger partial charge in [0.15, 0.2) is 0 Å². The zero-order valence-electron chi connectivity index (χ0n) is 9.03. The number of rotatable bonds is 3. The minimum Gasteiger partial charge on any atom is -0.373 e. The fourth-order valence-corrected chi connectivity index (χ4v) is 1.93. The Hall–Kier alpha value is -0.870. The molecule has 1 aliphatic rings. The second-order valence-corrected chi connectivity index (χ2v) is 4.07. The van der Waals surface area contributed by atoms with Crippen molar-refractivity contribution >= 4 is 0 Å². The zero-order valence-corrected chi connectivity index (χ0v) is 9.03. The second-order valence-electron chi connectivity index (χ2n) is 4.07. The largest absolute Gasteiger partial charge is 0.373 e. The predicted octanol–water partition coefficient (Wildman–Crippen LogP) is 1.20. The third-order valence-corrected chi connectivity index (χ3v) is 2.69. The maximum Gasteiger partial charge on any atom is 0.117 e. The summed E-state index contributed by atoms with van der Waals surface area (Å²) in [6.07, 6.45) is 3.89. The number of nitrogens with zero attached hydrogens (tertiary/aromatic N) is 2. The first-order chi connectivity index (χ1) is 7.28. The number of ether oxygens (including phenoxy) is 1. The first kappa shape index (κ1) is 10.6. The maximum absolute atomic E-state index is 12.4. The summed E-state index contributed by atoms with van der Waals surface area (Å²) in [5.41, 5.74) is 1.28. The van der Waals surface area contributed by atoms with Crippen LogP contribution in [0.1, 0.15) is 5.56 Å². The number of aryl methyl sites for hydroxylation is 1. The van der Waals surface area contributed by atoms with Crippen LogP contribution in [-0.2, 0) is 18.3 Å². The molecule has 2 heterocycles. The second kappa shape index (κ2) is 4.77.